The number of aromatic nitrogens is 2. The molecule has 27 heavy (non-hydrogen) atoms. The maximum Gasteiger partial charge on any atom is 0.224 e. The Labute approximate surface area is 170 Å². The van der Waals surface area contributed by atoms with Crippen LogP contribution in [0, 0.1) is 17.2 Å². The second-order valence-electron chi connectivity index (χ2n) is 7.26. The number of amides is 1. The molecular weight excluding hydrogens is 390 g/mol. The van der Waals surface area contributed by atoms with E-state index in [0.29, 0.717) is 11.4 Å². The van der Waals surface area contributed by atoms with Crippen molar-refractivity contribution in [3.8, 4) is 0 Å². The number of hydrogen-bond donors (Lipinski definition) is 2. The van der Waals surface area contributed by atoms with Crippen LogP contribution in [0.4, 0.5) is 4.39 Å². The number of imidazole rings is 1. The summed E-state index contributed by atoms with van der Waals surface area (Å²) in [7, 11) is 1.88. The molecular formula is C19H25Cl2FN4O. The Hall–Kier alpha value is -1.63. The van der Waals surface area contributed by atoms with Crippen molar-refractivity contribution in [3.63, 3.8) is 0 Å². The fourth-order valence-electron chi connectivity index (χ4n) is 4.08. The molecule has 2 N–H and O–H groups in total. The third-order valence-corrected chi connectivity index (χ3v) is 5.69. The normalized spacial score (nSPS) is 20.9. The van der Waals surface area contributed by atoms with Gasteiger partial charge < -0.3 is 15.2 Å². The van der Waals surface area contributed by atoms with Crippen molar-refractivity contribution in [1.82, 2.24) is 20.2 Å². The number of rotatable bonds is 4. The number of hydrogen-bond acceptors (Lipinski definition) is 3. The number of nitrogens with one attached hydrogen (secondary N) is 2. The van der Waals surface area contributed by atoms with E-state index in [1.54, 1.807) is 12.3 Å². The predicted molar refractivity (Wildman–Crippen MR) is 107 cm³/mol. The predicted octanol–water partition coefficient (Wildman–Crippen LogP) is 3.00. The third kappa shape index (κ3) is 4.28. The maximum atomic E-state index is 13.7. The number of benzene rings is 1. The number of aryl methyl sites for hydroxylation is 1. The molecule has 2 aromatic rings. The lowest BCUT2D eigenvalue weighted by atomic mass is 9.91. The van der Waals surface area contributed by atoms with Gasteiger partial charge in [0.2, 0.25) is 5.91 Å². The van der Waals surface area contributed by atoms with E-state index >= 15 is 0 Å². The highest BCUT2D eigenvalue weighted by Gasteiger charge is 2.57. The lowest BCUT2D eigenvalue weighted by Crippen LogP contribution is -2.36. The van der Waals surface area contributed by atoms with Crippen LogP contribution in [0.3, 0.4) is 0 Å². The topological polar surface area (TPSA) is 59.0 Å². The first kappa shape index (κ1) is 21.7. The molecule has 1 aliphatic carbocycles. The van der Waals surface area contributed by atoms with E-state index in [4.69, 9.17) is 0 Å². The first-order chi connectivity index (χ1) is 12.1. The second-order valence-corrected chi connectivity index (χ2v) is 7.26. The molecule has 148 valence electrons. The van der Waals surface area contributed by atoms with Gasteiger partial charge in [-0.3, -0.25) is 4.79 Å². The maximum absolute atomic E-state index is 13.7. The molecule has 2 atom stereocenters. The largest absolute Gasteiger partial charge is 0.342 e. The minimum Gasteiger partial charge on any atom is -0.342 e. The zero-order chi connectivity index (χ0) is 17.4. The van der Waals surface area contributed by atoms with Crippen LogP contribution in [0.5, 0.6) is 0 Å². The Morgan fingerprint density at radius 2 is 2.11 bits per heavy atom. The first-order valence-electron chi connectivity index (χ1n) is 8.83. The average Bonchev–Trinajstić information content (AvgIpc) is 3.12. The molecule has 1 amide bonds. The third-order valence-electron chi connectivity index (χ3n) is 5.69. The van der Waals surface area contributed by atoms with Gasteiger partial charge in [0, 0.05) is 25.4 Å². The van der Waals surface area contributed by atoms with Crippen molar-refractivity contribution in [3.05, 3.63) is 53.9 Å². The lowest BCUT2D eigenvalue weighted by Gasteiger charge is -2.24. The van der Waals surface area contributed by atoms with Crippen LogP contribution < -0.4 is 10.6 Å². The van der Waals surface area contributed by atoms with Gasteiger partial charge >= 0.3 is 0 Å². The zero-order valence-corrected chi connectivity index (χ0v) is 16.8. The summed E-state index contributed by atoms with van der Waals surface area (Å²) < 4.78 is 15.6. The fraction of sp³-hybridized carbons (Fsp3) is 0.474. The van der Waals surface area contributed by atoms with E-state index in [1.807, 2.05) is 23.9 Å². The van der Waals surface area contributed by atoms with Gasteiger partial charge in [0.15, 0.2) is 0 Å². The molecule has 1 saturated carbocycles. The summed E-state index contributed by atoms with van der Waals surface area (Å²) in [4.78, 5) is 17.3. The van der Waals surface area contributed by atoms with Gasteiger partial charge in [0.1, 0.15) is 17.7 Å². The molecule has 2 heterocycles. The monoisotopic (exact) mass is 414 g/mol. The molecule has 0 radical (unpaired) electrons. The number of nitrogens with zero attached hydrogens (tertiary/aromatic N) is 2. The van der Waals surface area contributed by atoms with E-state index in [9.17, 15) is 9.18 Å². The molecule has 2 unspecified atom stereocenters. The van der Waals surface area contributed by atoms with E-state index in [1.165, 1.54) is 12.1 Å². The molecule has 2 aliphatic rings. The molecule has 8 heteroatoms. The molecule has 1 saturated heterocycles. The van der Waals surface area contributed by atoms with Crippen molar-refractivity contribution in [1.29, 1.82) is 0 Å². The first-order valence-corrected chi connectivity index (χ1v) is 8.83. The highest BCUT2D eigenvalue weighted by molar-refractivity contribution is 5.85. The molecule has 2 fully saturated rings. The van der Waals surface area contributed by atoms with Gasteiger partial charge in [-0.15, -0.1) is 24.8 Å². The summed E-state index contributed by atoms with van der Waals surface area (Å²) in [5.41, 5.74) is 0.881. The van der Waals surface area contributed by atoms with Gasteiger partial charge in [-0.25, -0.2) is 9.37 Å². The van der Waals surface area contributed by atoms with Crippen molar-refractivity contribution in [2.75, 3.05) is 13.1 Å². The van der Waals surface area contributed by atoms with E-state index in [2.05, 4.69) is 15.6 Å². The fourth-order valence-corrected chi connectivity index (χ4v) is 4.08. The molecule has 1 aliphatic heterocycles. The Morgan fingerprint density at radius 3 is 2.74 bits per heavy atom. The van der Waals surface area contributed by atoms with Crippen LogP contribution in [0.2, 0.25) is 0 Å². The van der Waals surface area contributed by atoms with E-state index < -0.39 is 6.04 Å². The van der Waals surface area contributed by atoms with Crippen LogP contribution in [0.15, 0.2) is 36.7 Å². The Bertz CT molecular complexity index is 792. The standard InChI is InChI=1S/C19H23FN4O.2ClH/c1-24-10-9-22-17(24)16(13-3-2-4-14(20)11-13)23-18(25)15-12-19(15)5-7-21-8-6-19;;/h2-4,9-11,15-16,21H,5-8,12H2,1H3,(H,23,25);2*1H. The summed E-state index contributed by atoms with van der Waals surface area (Å²) in [6, 6.07) is 5.93. The number of halogens is 3. The zero-order valence-electron chi connectivity index (χ0n) is 15.2. The molecule has 4 rings (SSSR count). The molecule has 1 aromatic carbocycles. The minimum atomic E-state index is -0.442. The Kier molecular flexibility index (Phi) is 6.89. The van der Waals surface area contributed by atoms with Crippen molar-refractivity contribution in [2.45, 2.75) is 25.3 Å². The minimum absolute atomic E-state index is 0. The van der Waals surface area contributed by atoms with Crippen LogP contribution in [0.1, 0.15) is 36.7 Å². The van der Waals surface area contributed by atoms with Gasteiger partial charge in [-0.05, 0) is 55.5 Å². The lowest BCUT2D eigenvalue weighted by molar-refractivity contribution is -0.123. The highest BCUT2D eigenvalue weighted by atomic mass is 35.5. The Balaban J connectivity index is 0.00000131. The molecule has 1 spiro atoms. The second kappa shape index (κ2) is 8.59. The van der Waals surface area contributed by atoms with Gasteiger partial charge in [-0.1, -0.05) is 12.1 Å². The van der Waals surface area contributed by atoms with Gasteiger partial charge in [-0.2, -0.15) is 0 Å². The average molecular weight is 415 g/mol. The van der Waals surface area contributed by atoms with Gasteiger partial charge in [0.25, 0.3) is 0 Å². The summed E-state index contributed by atoms with van der Waals surface area (Å²) in [5, 5.41) is 6.48. The Morgan fingerprint density at radius 1 is 1.37 bits per heavy atom. The summed E-state index contributed by atoms with van der Waals surface area (Å²) in [6.07, 6.45) is 6.59. The SMILES string of the molecule is Cl.Cl.Cn1ccnc1C(NC(=O)C1CC12CCNCC2)c1cccc(F)c1. The van der Waals surface area contributed by atoms with Crippen LogP contribution in [-0.2, 0) is 11.8 Å². The summed E-state index contributed by atoms with van der Waals surface area (Å²) >= 11 is 0. The number of carbonyl (C=O) groups is 1. The molecule has 5 nitrogen and oxygen atoms in total. The van der Waals surface area contributed by atoms with Crippen molar-refractivity contribution >= 4 is 30.7 Å². The number of piperidine rings is 1. The van der Waals surface area contributed by atoms with E-state index in [-0.39, 0.29) is 47.9 Å². The van der Waals surface area contributed by atoms with Crippen molar-refractivity contribution < 1.29 is 9.18 Å². The summed E-state index contributed by atoms with van der Waals surface area (Å²) in [5.74, 6) is 0.510. The number of carbonyl (C=O) groups excluding carboxylic acids is 1. The van der Waals surface area contributed by atoms with Crippen molar-refractivity contribution in [2.24, 2.45) is 18.4 Å². The highest BCUT2D eigenvalue weighted by Crippen LogP contribution is 2.58. The molecule has 1 aromatic heterocycles. The van der Waals surface area contributed by atoms with Crippen LogP contribution >= 0.6 is 24.8 Å². The van der Waals surface area contributed by atoms with E-state index in [0.717, 1.165) is 32.4 Å². The van der Waals surface area contributed by atoms with Crippen LogP contribution in [-0.4, -0.2) is 28.5 Å². The van der Waals surface area contributed by atoms with Crippen LogP contribution in [0.25, 0.3) is 0 Å². The summed E-state index contributed by atoms with van der Waals surface area (Å²) in [6.45, 7) is 1.97. The smallest absolute Gasteiger partial charge is 0.224 e. The van der Waals surface area contributed by atoms with Gasteiger partial charge in [0.05, 0.1) is 0 Å². The quantitative estimate of drug-likeness (QED) is 0.808. The molecule has 0 bridgehead atoms.